The van der Waals surface area contributed by atoms with Gasteiger partial charge in [-0.25, -0.2) is 0 Å². The summed E-state index contributed by atoms with van der Waals surface area (Å²) in [7, 11) is 1.59. The molecule has 0 saturated carbocycles. The molecule has 2 N–H and O–H groups in total. The monoisotopic (exact) mass is 296 g/mol. The van der Waals surface area contributed by atoms with Crippen molar-refractivity contribution in [2.75, 3.05) is 20.2 Å². The molecule has 0 bridgehead atoms. The van der Waals surface area contributed by atoms with Gasteiger partial charge in [-0.3, -0.25) is 4.79 Å². The number of methoxy groups -OCH3 is 1. The highest BCUT2D eigenvalue weighted by Crippen LogP contribution is 2.33. The predicted molar refractivity (Wildman–Crippen MR) is 79.6 cm³/mol. The largest absolute Gasteiger partial charge is 0.380 e. The summed E-state index contributed by atoms with van der Waals surface area (Å²) in [5.41, 5.74) is 6.68. The third kappa shape index (κ3) is 3.51. The molecule has 1 fully saturated rings. The van der Waals surface area contributed by atoms with E-state index >= 15 is 0 Å². The second-order valence-corrected chi connectivity index (χ2v) is 5.53. The number of halogens is 1. The Morgan fingerprint density at radius 3 is 3.05 bits per heavy atom. The van der Waals surface area contributed by atoms with Crippen molar-refractivity contribution in [3.8, 4) is 0 Å². The zero-order chi connectivity index (χ0) is 14.5. The molecular weight excluding hydrogens is 276 g/mol. The lowest BCUT2D eigenvalue weighted by Crippen LogP contribution is -2.35. The normalized spacial score (nSPS) is 20.1. The van der Waals surface area contributed by atoms with Crippen molar-refractivity contribution in [2.45, 2.75) is 31.4 Å². The highest BCUT2D eigenvalue weighted by atomic mass is 35.5. The Labute approximate surface area is 124 Å². The van der Waals surface area contributed by atoms with E-state index in [4.69, 9.17) is 22.1 Å². The van der Waals surface area contributed by atoms with E-state index in [1.165, 1.54) is 0 Å². The van der Waals surface area contributed by atoms with Gasteiger partial charge in [0.25, 0.3) is 0 Å². The van der Waals surface area contributed by atoms with Crippen LogP contribution in [0.1, 0.15) is 30.9 Å². The van der Waals surface area contributed by atoms with Gasteiger partial charge in [-0.2, -0.15) is 0 Å². The number of nitrogens with two attached hydrogens (primary N) is 1. The minimum atomic E-state index is -0.205. The van der Waals surface area contributed by atoms with E-state index < -0.39 is 0 Å². The second-order valence-electron chi connectivity index (χ2n) is 5.10. The third-order valence-electron chi connectivity index (χ3n) is 3.81. The fourth-order valence-electron chi connectivity index (χ4n) is 2.70. The average molecular weight is 297 g/mol. The van der Waals surface area contributed by atoms with Gasteiger partial charge in [-0.1, -0.05) is 23.7 Å². The van der Waals surface area contributed by atoms with Crippen LogP contribution in [-0.4, -0.2) is 37.1 Å². The maximum Gasteiger partial charge on any atom is 0.225 e. The molecule has 2 rings (SSSR count). The zero-order valence-electron chi connectivity index (χ0n) is 11.7. The highest BCUT2D eigenvalue weighted by Gasteiger charge is 2.30. The fourth-order valence-corrected chi connectivity index (χ4v) is 2.90. The minimum absolute atomic E-state index is 0.102. The Kier molecular flexibility index (Phi) is 5.40. The molecule has 110 valence electrons. The fraction of sp³-hybridized carbons (Fsp3) is 0.533. The van der Waals surface area contributed by atoms with Crippen LogP contribution < -0.4 is 5.73 Å². The van der Waals surface area contributed by atoms with E-state index in [1.807, 2.05) is 29.2 Å². The summed E-state index contributed by atoms with van der Waals surface area (Å²) in [6.45, 7) is 1.15. The van der Waals surface area contributed by atoms with Crippen LogP contribution in [0.25, 0.3) is 0 Å². The summed E-state index contributed by atoms with van der Waals surface area (Å²) in [5.74, 6) is 0.102. The van der Waals surface area contributed by atoms with E-state index in [0.717, 1.165) is 24.9 Å². The number of amides is 1. The standard InChI is InChI=1S/C15H21ClN2O2/c1-20-13(10-17)9-15(19)18-7-3-6-14(18)11-4-2-5-12(16)8-11/h2,4-5,8,13-14H,3,6-7,9-10,17H2,1H3. The first kappa shape index (κ1) is 15.3. The van der Waals surface area contributed by atoms with Crippen LogP contribution >= 0.6 is 11.6 Å². The van der Waals surface area contributed by atoms with Gasteiger partial charge in [-0.15, -0.1) is 0 Å². The highest BCUT2D eigenvalue weighted by molar-refractivity contribution is 6.30. The molecule has 0 spiro atoms. The summed E-state index contributed by atoms with van der Waals surface area (Å²) >= 11 is 6.04. The molecule has 1 saturated heterocycles. The summed E-state index contributed by atoms with van der Waals surface area (Å²) in [4.78, 5) is 14.3. The number of carbonyl (C=O) groups is 1. The first-order chi connectivity index (χ1) is 9.65. The first-order valence-corrected chi connectivity index (χ1v) is 7.31. The van der Waals surface area contributed by atoms with Gasteiger partial charge in [0.1, 0.15) is 0 Å². The van der Waals surface area contributed by atoms with Crippen molar-refractivity contribution in [2.24, 2.45) is 5.73 Å². The van der Waals surface area contributed by atoms with E-state index in [9.17, 15) is 4.79 Å². The number of carbonyl (C=O) groups excluding carboxylic acids is 1. The molecule has 1 amide bonds. The van der Waals surface area contributed by atoms with Crippen LogP contribution in [0.2, 0.25) is 5.02 Å². The molecule has 5 heteroatoms. The zero-order valence-corrected chi connectivity index (χ0v) is 12.5. The van der Waals surface area contributed by atoms with Crippen molar-refractivity contribution in [1.29, 1.82) is 0 Å². The predicted octanol–water partition coefficient (Wildman–Crippen LogP) is 2.37. The van der Waals surface area contributed by atoms with Crippen LogP contribution in [0.4, 0.5) is 0 Å². The van der Waals surface area contributed by atoms with Crippen molar-refractivity contribution in [3.63, 3.8) is 0 Å². The summed E-state index contributed by atoms with van der Waals surface area (Å²) in [6, 6.07) is 7.86. The maximum absolute atomic E-state index is 12.4. The van der Waals surface area contributed by atoms with Crippen LogP contribution in [0.15, 0.2) is 24.3 Å². The van der Waals surface area contributed by atoms with Gasteiger partial charge >= 0.3 is 0 Å². The Morgan fingerprint density at radius 2 is 2.40 bits per heavy atom. The smallest absolute Gasteiger partial charge is 0.225 e. The molecule has 1 aliphatic heterocycles. The van der Waals surface area contributed by atoms with Gasteiger partial charge in [0.15, 0.2) is 0 Å². The molecule has 4 nitrogen and oxygen atoms in total. The van der Waals surface area contributed by atoms with E-state index in [2.05, 4.69) is 0 Å². The summed E-state index contributed by atoms with van der Waals surface area (Å²) in [6.07, 6.45) is 2.13. The molecular formula is C15H21ClN2O2. The molecule has 1 aromatic rings. The van der Waals surface area contributed by atoms with Gasteiger partial charge < -0.3 is 15.4 Å². The Morgan fingerprint density at radius 1 is 1.60 bits per heavy atom. The van der Waals surface area contributed by atoms with Crippen molar-refractivity contribution >= 4 is 17.5 Å². The number of benzene rings is 1. The van der Waals surface area contributed by atoms with E-state index in [-0.39, 0.29) is 18.1 Å². The Bertz CT molecular complexity index is 463. The molecule has 20 heavy (non-hydrogen) atoms. The number of hydrogen-bond acceptors (Lipinski definition) is 3. The number of likely N-dealkylation sites (tertiary alicyclic amines) is 1. The molecule has 1 aromatic carbocycles. The molecule has 0 radical (unpaired) electrons. The number of ether oxygens (including phenoxy) is 1. The van der Waals surface area contributed by atoms with Gasteiger partial charge in [0.05, 0.1) is 18.6 Å². The lowest BCUT2D eigenvalue weighted by molar-refractivity contribution is -0.134. The van der Waals surface area contributed by atoms with Gasteiger partial charge in [0.2, 0.25) is 5.91 Å². The van der Waals surface area contributed by atoms with Crippen molar-refractivity contribution in [3.05, 3.63) is 34.9 Å². The van der Waals surface area contributed by atoms with Crippen LogP contribution in [0.5, 0.6) is 0 Å². The average Bonchev–Trinajstić information content (AvgIpc) is 2.94. The molecule has 0 aromatic heterocycles. The molecule has 2 unspecified atom stereocenters. The van der Waals surface area contributed by atoms with Gasteiger partial charge in [0, 0.05) is 25.2 Å². The number of nitrogens with zero attached hydrogens (tertiary/aromatic N) is 1. The second kappa shape index (κ2) is 7.07. The molecule has 0 aliphatic carbocycles. The summed E-state index contributed by atoms with van der Waals surface area (Å²) < 4.78 is 5.20. The SMILES string of the molecule is COC(CN)CC(=O)N1CCCC1c1cccc(Cl)c1. The van der Waals surface area contributed by atoms with Crippen LogP contribution in [-0.2, 0) is 9.53 Å². The van der Waals surface area contributed by atoms with E-state index in [1.54, 1.807) is 7.11 Å². The lowest BCUT2D eigenvalue weighted by Gasteiger charge is -2.26. The Balaban J connectivity index is 2.09. The lowest BCUT2D eigenvalue weighted by atomic mass is 10.0. The van der Waals surface area contributed by atoms with Crippen LogP contribution in [0, 0.1) is 0 Å². The third-order valence-corrected chi connectivity index (χ3v) is 4.04. The molecule has 1 heterocycles. The quantitative estimate of drug-likeness (QED) is 0.907. The van der Waals surface area contributed by atoms with Crippen molar-refractivity contribution < 1.29 is 9.53 Å². The van der Waals surface area contributed by atoms with Crippen LogP contribution in [0.3, 0.4) is 0 Å². The topological polar surface area (TPSA) is 55.6 Å². The molecule has 1 aliphatic rings. The van der Waals surface area contributed by atoms with Gasteiger partial charge in [-0.05, 0) is 30.5 Å². The van der Waals surface area contributed by atoms with Crippen molar-refractivity contribution in [1.82, 2.24) is 4.90 Å². The molecule has 2 atom stereocenters. The summed E-state index contributed by atoms with van der Waals surface area (Å²) in [5, 5.41) is 0.707. The van der Waals surface area contributed by atoms with E-state index in [0.29, 0.717) is 18.0 Å². The number of rotatable bonds is 5. The number of hydrogen-bond donors (Lipinski definition) is 1. The first-order valence-electron chi connectivity index (χ1n) is 6.93. The maximum atomic E-state index is 12.4. The Hall–Kier alpha value is -1.10. The minimum Gasteiger partial charge on any atom is -0.380 e.